The van der Waals surface area contributed by atoms with E-state index in [9.17, 15) is 0 Å². The Kier molecular flexibility index (Phi) is 3.84. The maximum absolute atomic E-state index is 5.69. The first-order valence-electron chi connectivity index (χ1n) is 6.42. The molecule has 18 heavy (non-hydrogen) atoms. The highest BCUT2D eigenvalue weighted by molar-refractivity contribution is 5.10. The van der Waals surface area contributed by atoms with Gasteiger partial charge in [-0.25, -0.2) is 9.97 Å². The van der Waals surface area contributed by atoms with Crippen molar-refractivity contribution in [1.29, 1.82) is 0 Å². The van der Waals surface area contributed by atoms with Gasteiger partial charge in [-0.1, -0.05) is 20.8 Å². The van der Waals surface area contributed by atoms with E-state index in [-0.39, 0.29) is 0 Å². The molecule has 0 bridgehead atoms. The molecule has 2 aromatic heterocycles. The summed E-state index contributed by atoms with van der Waals surface area (Å²) < 4.78 is 11.1. The van der Waals surface area contributed by atoms with Gasteiger partial charge >= 0.3 is 0 Å². The molecule has 98 valence electrons. The van der Waals surface area contributed by atoms with Crippen LogP contribution in [-0.4, -0.2) is 9.97 Å². The van der Waals surface area contributed by atoms with Gasteiger partial charge in [-0.05, 0) is 13.3 Å². The van der Waals surface area contributed by atoms with Gasteiger partial charge < -0.3 is 8.83 Å². The van der Waals surface area contributed by atoms with Crippen LogP contribution in [0.4, 0.5) is 0 Å². The third kappa shape index (κ3) is 2.81. The standard InChI is InChI=1S/C14H20N2O2/c1-9(2)12-7-15-13(18-12)6-5-10(3)14-11(4)16-8-17-14/h7-10H,5-6H2,1-4H3. The van der Waals surface area contributed by atoms with Crippen molar-refractivity contribution in [1.82, 2.24) is 9.97 Å². The summed E-state index contributed by atoms with van der Waals surface area (Å²) in [7, 11) is 0. The van der Waals surface area contributed by atoms with E-state index in [1.807, 2.05) is 13.1 Å². The fourth-order valence-corrected chi connectivity index (χ4v) is 1.96. The average molecular weight is 248 g/mol. The van der Waals surface area contributed by atoms with Gasteiger partial charge in [0.1, 0.15) is 11.5 Å². The Hall–Kier alpha value is -1.58. The molecule has 0 saturated heterocycles. The fraction of sp³-hybridized carbons (Fsp3) is 0.571. The minimum absolute atomic E-state index is 0.335. The van der Waals surface area contributed by atoms with Crippen LogP contribution in [0.5, 0.6) is 0 Å². The van der Waals surface area contributed by atoms with Gasteiger partial charge in [-0.15, -0.1) is 0 Å². The molecule has 0 amide bonds. The Bertz CT molecular complexity index is 499. The van der Waals surface area contributed by atoms with Gasteiger partial charge in [0.15, 0.2) is 12.3 Å². The van der Waals surface area contributed by atoms with Crippen molar-refractivity contribution >= 4 is 0 Å². The Morgan fingerprint density at radius 3 is 2.56 bits per heavy atom. The van der Waals surface area contributed by atoms with Crippen LogP contribution in [-0.2, 0) is 6.42 Å². The predicted octanol–water partition coefficient (Wildman–Crippen LogP) is 3.83. The lowest BCUT2D eigenvalue weighted by atomic mass is 10.0. The van der Waals surface area contributed by atoms with E-state index in [1.54, 1.807) is 0 Å². The molecule has 0 aromatic carbocycles. The van der Waals surface area contributed by atoms with Gasteiger partial charge in [-0.3, -0.25) is 0 Å². The Morgan fingerprint density at radius 1 is 1.22 bits per heavy atom. The second-order valence-electron chi connectivity index (χ2n) is 5.05. The maximum atomic E-state index is 5.69. The highest BCUT2D eigenvalue weighted by Crippen LogP contribution is 2.24. The summed E-state index contributed by atoms with van der Waals surface area (Å²) >= 11 is 0. The molecule has 0 aliphatic heterocycles. The van der Waals surface area contributed by atoms with Crippen molar-refractivity contribution in [2.75, 3.05) is 0 Å². The molecule has 4 heteroatoms. The zero-order valence-electron chi connectivity index (χ0n) is 11.4. The molecular weight excluding hydrogens is 228 g/mol. The molecule has 0 spiro atoms. The lowest BCUT2D eigenvalue weighted by Gasteiger charge is -2.07. The number of oxazole rings is 2. The van der Waals surface area contributed by atoms with E-state index >= 15 is 0 Å². The van der Waals surface area contributed by atoms with Crippen LogP contribution in [0.1, 0.15) is 62.1 Å². The van der Waals surface area contributed by atoms with Crippen LogP contribution in [0.2, 0.25) is 0 Å². The van der Waals surface area contributed by atoms with Gasteiger partial charge in [-0.2, -0.15) is 0 Å². The van der Waals surface area contributed by atoms with Gasteiger partial charge in [0.25, 0.3) is 0 Å². The molecule has 0 N–H and O–H groups in total. The van der Waals surface area contributed by atoms with Crippen LogP contribution >= 0.6 is 0 Å². The van der Waals surface area contributed by atoms with Crippen LogP contribution < -0.4 is 0 Å². The first-order valence-corrected chi connectivity index (χ1v) is 6.42. The number of hydrogen-bond acceptors (Lipinski definition) is 4. The highest BCUT2D eigenvalue weighted by atomic mass is 16.4. The van der Waals surface area contributed by atoms with Crippen LogP contribution in [0, 0.1) is 6.92 Å². The van der Waals surface area contributed by atoms with E-state index in [0.717, 1.165) is 35.9 Å². The number of rotatable bonds is 5. The molecule has 0 aliphatic rings. The molecule has 1 unspecified atom stereocenters. The SMILES string of the molecule is Cc1ncoc1C(C)CCc1ncc(C(C)C)o1. The fourth-order valence-electron chi connectivity index (χ4n) is 1.96. The summed E-state index contributed by atoms with van der Waals surface area (Å²) in [5, 5.41) is 0. The third-order valence-corrected chi connectivity index (χ3v) is 3.16. The number of aryl methyl sites for hydroxylation is 2. The minimum Gasteiger partial charge on any atom is -0.448 e. The summed E-state index contributed by atoms with van der Waals surface area (Å²) in [5.41, 5.74) is 0.970. The second kappa shape index (κ2) is 5.38. The van der Waals surface area contributed by atoms with Crippen molar-refractivity contribution in [3.05, 3.63) is 35.7 Å². The maximum Gasteiger partial charge on any atom is 0.194 e. The molecule has 2 rings (SSSR count). The molecule has 0 fully saturated rings. The van der Waals surface area contributed by atoms with Gasteiger partial charge in [0, 0.05) is 18.3 Å². The summed E-state index contributed by atoms with van der Waals surface area (Å²) in [6.45, 7) is 8.31. The molecule has 1 atom stereocenters. The van der Waals surface area contributed by atoms with Crippen LogP contribution in [0.25, 0.3) is 0 Å². The normalized spacial score (nSPS) is 13.2. The Morgan fingerprint density at radius 2 is 2.00 bits per heavy atom. The van der Waals surface area contributed by atoms with Crippen LogP contribution in [0.3, 0.4) is 0 Å². The zero-order valence-corrected chi connectivity index (χ0v) is 11.4. The largest absolute Gasteiger partial charge is 0.448 e. The lowest BCUT2D eigenvalue weighted by Crippen LogP contribution is -1.97. The summed E-state index contributed by atoms with van der Waals surface area (Å²) in [4.78, 5) is 8.41. The van der Waals surface area contributed by atoms with Gasteiger partial charge in [0.05, 0.1) is 11.9 Å². The molecule has 2 aromatic rings. The number of hydrogen-bond donors (Lipinski definition) is 0. The topological polar surface area (TPSA) is 52.1 Å². The predicted molar refractivity (Wildman–Crippen MR) is 68.6 cm³/mol. The first kappa shape index (κ1) is 12.9. The van der Waals surface area contributed by atoms with Crippen molar-refractivity contribution < 1.29 is 8.83 Å². The monoisotopic (exact) mass is 248 g/mol. The van der Waals surface area contributed by atoms with Crippen LogP contribution in [0.15, 0.2) is 21.4 Å². The van der Waals surface area contributed by atoms with E-state index in [1.165, 1.54) is 6.39 Å². The van der Waals surface area contributed by atoms with Crippen molar-refractivity contribution in [2.45, 2.75) is 52.4 Å². The number of nitrogens with zero attached hydrogens (tertiary/aromatic N) is 2. The van der Waals surface area contributed by atoms with Crippen molar-refractivity contribution in [2.24, 2.45) is 0 Å². The quantitative estimate of drug-likeness (QED) is 0.806. The Labute approximate surface area is 107 Å². The molecule has 0 radical (unpaired) electrons. The van der Waals surface area contributed by atoms with E-state index in [0.29, 0.717) is 11.8 Å². The summed E-state index contributed by atoms with van der Waals surface area (Å²) in [6.07, 6.45) is 5.11. The smallest absolute Gasteiger partial charge is 0.194 e. The molecule has 0 saturated carbocycles. The molecular formula is C14H20N2O2. The zero-order chi connectivity index (χ0) is 13.1. The third-order valence-electron chi connectivity index (χ3n) is 3.16. The highest BCUT2D eigenvalue weighted by Gasteiger charge is 2.15. The van der Waals surface area contributed by atoms with Crippen molar-refractivity contribution in [3.8, 4) is 0 Å². The summed E-state index contributed by atoms with van der Waals surface area (Å²) in [5.74, 6) is 3.45. The first-order chi connectivity index (χ1) is 8.58. The van der Waals surface area contributed by atoms with Gasteiger partial charge in [0.2, 0.25) is 0 Å². The summed E-state index contributed by atoms with van der Waals surface area (Å²) in [6, 6.07) is 0. The van der Waals surface area contributed by atoms with E-state index < -0.39 is 0 Å². The minimum atomic E-state index is 0.335. The van der Waals surface area contributed by atoms with Crippen molar-refractivity contribution in [3.63, 3.8) is 0 Å². The molecule has 2 heterocycles. The average Bonchev–Trinajstić information content (AvgIpc) is 2.94. The van der Waals surface area contributed by atoms with E-state index in [4.69, 9.17) is 8.83 Å². The number of aromatic nitrogens is 2. The second-order valence-corrected chi connectivity index (χ2v) is 5.05. The molecule has 4 nitrogen and oxygen atoms in total. The Balaban J connectivity index is 1.93. The molecule has 0 aliphatic carbocycles. The van der Waals surface area contributed by atoms with E-state index in [2.05, 4.69) is 30.7 Å². The lowest BCUT2D eigenvalue weighted by molar-refractivity contribution is 0.412.